The lowest BCUT2D eigenvalue weighted by Crippen LogP contribution is -2.32. The number of hydrogen-bond acceptors (Lipinski definition) is 2. The van der Waals surface area contributed by atoms with E-state index in [0.717, 1.165) is 11.8 Å². The minimum Gasteiger partial charge on any atom is -0.308 e. The summed E-state index contributed by atoms with van der Waals surface area (Å²) in [4.78, 5) is 0.945. The lowest BCUT2D eigenvalue weighted by Gasteiger charge is -2.23. The molecule has 0 aliphatic carbocycles. The van der Waals surface area contributed by atoms with Gasteiger partial charge < -0.3 is 5.32 Å². The highest BCUT2D eigenvalue weighted by molar-refractivity contribution is 7.10. The third kappa shape index (κ3) is 2.25. The molecule has 0 aliphatic rings. The van der Waals surface area contributed by atoms with Gasteiger partial charge in [0.1, 0.15) is 0 Å². The zero-order valence-corrected chi connectivity index (χ0v) is 8.71. The fourth-order valence-corrected chi connectivity index (χ4v) is 2.12. The normalized spacial score (nSPS) is 14.5. The fraction of sp³-hybridized carbons (Fsp3) is 0.556. The number of halogens is 2. The molecular formula is C9H13F2NS. The van der Waals surface area contributed by atoms with Gasteiger partial charge in [0.15, 0.2) is 0 Å². The van der Waals surface area contributed by atoms with Crippen molar-refractivity contribution in [2.75, 3.05) is 7.05 Å². The van der Waals surface area contributed by atoms with Crippen LogP contribution in [-0.4, -0.2) is 13.0 Å². The summed E-state index contributed by atoms with van der Waals surface area (Å²) in [5.41, 5.74) is 0.694. The molecule has 0 aromatic carbocycles. The van der Waals surface area contributed by atoms with E-state index < -0.39 is 12.0 Å². The van der Waals surface area contributed by atoms with Gasteiger partial charge in [0.25, 0.3) is 5.92 Å². The highest BCUT2D eigenvalue weighted by Crippen LogP contribution is 2.33. The summed E-state index contributed by atoms with van der Waals surface area (Å²) in [6, 6.07) is 0.872. The third-order valence-corrected chi connectivity index (χ3v) is 2.87. The fourth-order valence-electron chi connectivity index (χ4n) is 1.38. The molecule has 0 aliphatic heterocycles. The van der Waals surface area contributed by atoms with Crippen LogP contribution >= 0.6 is 11.3 Å². The summed E-state index contributed by atoms with van der Waals surface area (Å²) in [7, 11) is 1.55. The van der Waals surface area contributed by atoms with Gasteiger partial charge in [-0.05, 0) is 31.0 Å². The van der Waals surface area contributed by atoms with Gasteiger partial charge in [-0.15, -0.1) is 11.3 Å². The van der Waals surface area contributed by atoms with Crippen LogP contribution in [0.1, 0.15) is 23.4 Å². The first kappa shape index (κ1) is 10.6. The summed E-state index contributed by atoms with van der Waals surface area (Å²) in [6.45, 7) is 2.79. The number of aryl methyl sites for hydroxylation is 1. The molecule has 0 saturated carbocycles. The topological polar surface area (TPSA) is 12.0 Å². The van der Waals surface area contributed by atoms with Gasteiger partial charge >= 0.3 is 0 Å². The van der Waals surface area contributed by atoms with Crippen LogP contribution in [0, 0.1) is 6.92 Å². The molecule has 4 heteroatoms. The first-order chi connectivity index (χ1) is 5.96. The Balaban J connectivity index is 2.98. The Bertz CT molecular complexity index is 277. The molecule has 1 atom stereocenters. The second kappa shape index (κ2) is 3.72. The maximum atomic E-state index is 13.1. The van der Waals surface area contributed by atoms with Crippen LogP contribution < -0.4 is 5.32 Å². The monoisotopic (exact) mass is 205 g/mol. The maximum Gasteiger partial charge on any atom is 0.264 e. The van der Waals surface area contributed by atoms with Crippen molar-refractivity contribution in [2.45, 2.75) is 25.8 Å². The average Bonchev–Trinajstić information content (AvgIpc) is 2.35. The number of thiophene rings is 1. The molecule has 1 nitrogen and oxygen atoms in total. The molecule has 1 aromatic heterocycles. The van der Waals surface area contributed by atoms with E-state index in [2.05, 4.69) is 5.32 Å². The smallest absolute Gasteiger partial charge is 0.264 e. The zero-order valence-electron chi connectivity index (χ0n) is 7.90. The predicted molar refractivity (Wildman–Crippen MR) is 51.5 cm³/mol. The van der Waals surface area contributed by atoms with Gasteiger partial charge in [0, 0.05) is 11.8 Å². The van der Waals surface area contributed by atoms with Gasteiger partial charge in [-0.2, -0.15) is 0 Å². The first-order valence-electron chi connectivity index (χ1n) is 4.06. The maximum absolute atomic E-state index is 13.1. The third-order valence-electron chi connectivity index (χ3n) is 2.01. The second-order valence-corrected chi connectivity index (χ2v) is 4.23. The van der Waals surface area contributed by atoms with Crippen molar-refractivity contribution in [1.29, 1.82) is 0 Å². The van der Waals surface area contributed by atoms with E-state index in [-0.39, 0.29) is 0 Å². The van der Waals surface area contributed by atoms with Crippen LogP contribution in [0.25, 0.3) is 0 Å². The van der Waals surface area contributed by atoms with Gasteiger partial charge in [-0.3, -0.25) is 0 Å². The molecular weight excluding hydrogens is 192 g/mol. The lowest BCUT2D eigenvalue weighted by atomic mass is 10.0. The van der Waals surface area contributed by atoms with Crippen LogP contribution in [0.5, 0.6) is 0 Å². The van der Waals surface area contributed by atoms with Crippen LogP contribution in [0.3, 0.4) is 0 Å². The molecule has 1 heterocycles. The van der Waals surface area contributed by atoms with Crippen molar-refractivity contribution in [3.63, 3.8) is 0 Å². The van der Waals surface area contributed by atoms with E-state index in [1.165, 1.54) is 11.3 Å². The minimum atomic E-state index is -2.72. The molecule has 1 N–H and O–H groups in total. The number of rotatable bonds is 3. The van der Waals surface area contributed by atoms with Gasteiger partial charge in [-0.25, -0.2) is 8.78 Å². The minimum absolute atomic E-state index is 0.694. The van der Waals surface area contributed by atoms with Crippen molar-refractivity contribution in [2.24, 2.45) is 0 Å². The van der Waals surface area contributed by atoms with E-state index in [1.54, 1.807) is 13.1 Å². The Morgan fingerprint density at radius 2 is 2.15 bits per heavy atom. The molecule has 0 radical (unpaired) electrons. The van der Waals surface area contributed by atoms with Gasteiger partial charge in [-0.1, -0.05) is 0 Å². The SMILES string of the molecule is CNC(c1ccsc1C)C(C)(F)F. The summed E-state index contributed by atoms with van der Waals surface area (Å²) >= 11 is 1.49. The molecule has 0 saturated heterocycles. The van der Waals surface area contributed by atoms with Crippen molar-refractivity contribution < 1.29 is 8.78 Å². The number of nitrogens with one attached hydrogen (secondary N) is 1. The highest BCUT2D eigenvalue weighted by atomic mass is 32.1. The second-order valence-electron chi connectivity index (χ2n) is 3.11. The Labute approximate surface area is 80.8 Å². The first-order valence-corrected chi connectivity index (χ1v) is 4.94. The van der Waals surface area contributed by atoms with E-state index in [9.17, 15) is 8.78 Å². The lowest BCUT2D eigenvalue weighted by molar-refractivity contribution is -0.0169. The summed E-state index contributed by atoms with van der Waals surface area (Å²) in [5.74, 6) is -2.72. The summed E-state index contributed by atoms with van der Waals surface area (Å²) in [6.07, 6.45) is 0. The Morgan fingerprint density at radius 1 is 1.54 bits per heavy atom. The molecule has 1 aromatic rings. The van der Waals surface area contributed by atoms with Crippen LogP contribution in [0.4, 0.5) is 8.78 Å². The van der Waals surface area contributed by atoms with E-state index in [0.29, 0.717) is 5.56 Å². The van der Waals surface area contributed by atoms with E-state index in [4.69, 9.17) is 0 Å². The molecule has 13 heavy (non-hydrogen) atoms. The molecule has 1 unspecified atom stereocenters. The predicted octanol–water partition coefficient (Wildman–Crippen LogP) is 2.97. The number of alkyl halides is 2. The Kier molecular flexibility index (Phi) is 3.03. The average molecular weight is 205 g/mol. The molecule has 0 fully saturated rings. The molecule has 74 valence electrons. The quantitative estimate of drug-likeness (QED) is 0.800. The van der Waals surface area contributed by atoms with E-state index in [1.807, 2.05) is 12.3 Å². The Morgan fingerprint density at radius 3 is 2.46 bits per heavy atom. The highest BCUT2D eigenvalue weighted by Gasteiger charge is 2.35. The van der Waals surface area contributed by atoms with Crippen molar-refractivity contribution in [3.8, 4) is 0 Å². The van der Waals surface area contributed by atoms with Crippen LogP contribution in [0.2, 0.25) is 0 Å². The summed E-state index contributed by atoms with van der Waals surface area (Å²) in [5, 5.41) is 4.48. The largest absolute Gasteiger partial charge is 0.308 e. The van der Waals surface area contributed by atoms with Gasteiger partial charge in [0.05, 0.1) is 6.04 Å². The van der Waals surface area contributed by atoms with Crippen LogP contribution in [-0.2, 0) is 0 Å². The van der Waals surface area contributed by atoms with Crippen molar-refractivity contribution in [1.82, 2.24) is 5.32 Å². The summed E-state index contributed by atoms with van der Waals surface area (Å²) < 4.78 is 26.1. The van der Waals surface area contributed by atoms with Crippen molar-refractivity contribution >= 4 is 11.3 Å². The molecule has 0 spiro atoms. The van der Waals surface area contributed by atoms with Crippen LogP contribution in [0.15, 0.2) is 11.4 Å². The zero-order chi connectivity index (χ0) is 10.1. The molecule has 1 rings (SSSR count). The molecule has 0 amide bonds. The standard InChI is InChI=1S/C9H13F2NS/c1-6-7(4-5-13-6)8(12-3)9(2,10)11/h4-5,8,12H,1-3H3. The number of hydrogen-bond donors (Lipinski definition) is 1. The molecule has 0 bridgehead atoms. The van der Waals surface area contributed by atoms with Crippen molar-refractivity contribution in [3.05, 3.63) is 21.9 Å². The van der Waals surface area contributed by atoms with Gasteiger partial charge in [0.2, 0.25) is 0 Å². The van der Waals surface area contributed by atoms with E-state index >= 15 is 0 Å². The Hall–Kier alpha value is -0.480.